The third-order valence-electron chi connectivity index (χ3n) is 1.08. The Balaban J connectivity index is 0.000000252. The van der Waals surface area contributed by atoms with Gasteiger partial charge in [-0.3, -0.25) is 0 Å². The highest BCUT2D eigenvalue weighted by atomic mass is 19.5. The number of rotatable bonds is 0. The zero-order valence-corrected chi connectivity index (χ0v) is 7.40. The fourth-order valence-electron chi connectivity index (χ4n) is 0.609. The quantitative estimate of drug-likeness (QED) is 0.254. The first-order valence-corrected chi connectivity index (χ1v) is 3.63. The predicted molar refractivity (Wildman–Crippen MR) is 40.9 cm³/mol. The summed E-state index contributed by atoms with van der Waals surface area (Å²) in [6.45, 7) is 7.17. The van der Waals surface area contributed by atoms with Crippen molar-refractivity contribution in [1.29, 1.82) is 0 Å². The molecule has 0 radical (unpaired) electrons. The molecule has 7 heteroatoms. The van der Waals surface area contributed by atoms with Crippen molar-refractivity contribution in [3.05, 3.63) is 0 Å². The zero-order chi connectivity index (χ0) is 10.5. The number of hydrogen-bond acceptors (Lipinski definition) is 1. The lowest BCUT2D eigenvalue weighted by Crippen LogP contribution is -2.28. The molecule has 13 heavy (non-hydrogen) atoms. The van der Waals surface area contributed by atoms with E-state index in [1.807, 2.05) is 0 Å². The van der Waals surface area contributed by atoms with E-state index in [0.717, 1.165) is 13.2 Å². The molecule has 0 bridgehead atoms. The summed E-state index contributed by atoms with van der Waals surface area (Å²) in [7, 11) is -6.00. The summed E-state index contributed by atoms with van der Waals surface area (Å²) in [6, 6.07) is 0. The van der Waals surface area contributed by atoms with Crippen LogP contribution in [0, 0.1) is 5.41 Å². The van der Waals surface area contributed by atoms with E-state index in [4.69, 9.17) is 9.16 Å². The molecular weight excluding hydrogens is 191 g/mol. The summed E-state index contributed by atoms with van der Waals surface area (Å²) in [5.41, 5.74) is 0.203. The minimum Gasteiger partial charge on any atom is -0.418 e. The van der Waals surface area contributed by atoms with Gasteiger partial charge in [-0.05, 0) is 13.8 Å². The molecule has 0 saturated carbocycles. The Labute approximate surface area is 73.7 Å². The monoisotopic (exact) mass is 202 g/mol. The first-order valence-electron chi connectivity index (χ1n) is 3.63. The van der Waals surface area contributed by atoms with E-state index in [2.05, 4.69) is 13.8 Å². The molecule has 0 amide bonds. The SMILES string of the molecule is CC1(C)COC=[O+]C1.F[B-](F)(F)F. The lowest BCUT2D eigenvalue weighted by atomic mass is 9.96. The molecule has 1 heterocycles. The molecule has 0 aliphatic carbocycles. The minimum absolute atomic E-state index is 0.203. The Morgan fingerprint density at radius 2 is 1.77 bits per heavy atom. The van der Waals surface area contributed by atoms with Gasteiger partial charge in [0.1, 0.15) is 0 Å². The maximum atomic E-state index is 9.75. The highest BCUT2D eigenvalue weighted by molar-refractivity contribution is 6.50. The van der Waals surface area contributed by atoms with Crippen LogP contribution in [0.3, 0.4) is 0 Å². The summed E-state index contributed by atoms with van der Waals surface area (Å²) in [4.78, 5) is 0. The van der Waals surface area contributed by atoms with Crippen molar-refractivity contribution in [3.63, 3.8) is 0 Å². The van der Waals surface area contributed by atoms with Crippen LogP contribution in [0.4, 0.5) is 17.3 Å². The molecule has 0 spiro atoms. The molecule has 0 saturated heterocycles. The van der Waals surface area contributed by atoms with Gasteiger partial charge in [0.15, 0.2) is 13.2 Å². The Morgan fingerprint density at radius 1 is 1.31 bits per heavy atom. The van der Waals surface area contributed by atoms with Crippen LogP contribution in [0.2, 0.25) is 0 Å². The van der Waals surface area contributed by atoms with Gasteiger partial charge in [0, 0.05) is 0 Å². The van der Waals surface area contributed by atoms with Crippen molar-refractivity contribution in [2.45, 2.75) is 13.8 Å². The highest BCUT2D eigenvalue weighted by Crippen LogP contribution is 2.15. The van der Waals surface area contributed by atoms with Crippen molar-refractivity contribution in [1.82, 2.24) is 0 Å². The number of halogens is 4. The van der Waals surface area contributed by atoms with E-state index in [9.17, 15) is 17.3 Å². The molecule has 78 valence electrons. The molecule has 0 aromatic rings. The van der Waals surface area contributed by atoms with Gasteiger partial charge in [-0.2, -0.15) is 0 Å². The summed E-state index contributed by atoms with van der Waals surface area (Å²) in [6.07, 6.45) is 0. The molecule has 1 aliphatic rings. The second kappa shape index (κ2) is 4.48. The second-order valence-electron chi connectivity index (χ2n) is 3.38. The van der Waals surface area contributed by atoms with Crippen LogP contribution in [0.1, 0.15) is 13.8 Å². The zero-order valence-electron chi connectivity index (χ0n) is 7.40. The Kier molecular flexibility index (Phi) is 4.22. The molecule has 0 fully saturated rings. The van der Waals surface area contributed by atoms with Crippen molar-refractivity contribution >= 4 is 13.7 Å². The van der Waals surface area contributed by atoms with Crippen molar-refractivity contribution in [2.24, 2.45) is 5.41 Å². The predicted octanol–water partition coefficient (Wildman–Crippen LogP) is 2.03. The van der Waals surface area contributed by atoms with Crippen LogP contribution >= 0.6 is 0 Å². The summed E-state index contributed by atoms with van der Waals surface area (Å²) in [5.74, 6) is 0. The van der Waals surface area contributed by atoms with E-state index in [1.165, 1.54) is 6.47 Å². The third kappa shape index (κ3) is 11.3. The van der Waals surface area contributed by atoms with E-state index in [1.54, 1.807) is 0 Å². The van der Waals surface area contributed by atoms with Gasteiger partial charge in [-0.1, -0.05) is 0 Å². The van der Waals surface area contributed by atoms with Crippen molar-refractivity contribution in [2.75, 3.05) is 13.2 Å². The first-order chi connectivity index (χ1) is 5.71. The van der Waals surface area contributed by atoms with Crippen LogP contribution in [-0.2, 0) is 9.16 Å². The lowest BCUT2D eigenvalue weighted by molar-refractivity contribution is -0.491. The smallest absolute Gasteiger partial charge is 0.418 e. The van der Waals surface area contributed by atoms with Crippen LogP contribution < -0.4 is 0 Å². The molecule has 0 aromatic carbocycles. The van der Waals surface area contributed by atoms with Gasteiger partial charge in [-0.15, -0.1) is 0 Å². The number of hydrogen-bond donors (Lipinski definition) is 0. The number of carbonyl (C=O) groups excluding carboxylic acids is 1. The topological polar surface area (TPSA) is 20.5 Å². The fourth-order valence-corrected chi connectivity index (χ4v) is 0.609. The molecule has 2 nitrogen and oxygen atoms in total. The van der Waals surface area contributed by atoms with Crippen LogP contribution in [0.25, 0.3) is 0 Å². The van der Waals surface area contributed by atoms with Gasteiger partial charge in [0.25, 0.3) is 0 Å². The summed E-state index contributed by atoms with van der Waals surface area (Å²) >= 11 is 0. The Morgan fingerprint density at radius 3 is 1.92 bits per heavy atom. The van der Waals surface area contributed by atoms with E-state index in [-0.39, 0.29) is 5.41 Å². The van der Waals surface area contributed by atoms with Gasteiger partial charge in [-0.25, -0.2) is 0 Å². The van der Waals surface area contributed by atoms with Crippen molar-refractivity contribution < 1.29 is 26.4 Å². The van der Waals surface area contributed by atoms with E-state index in [0.29, 0.717) is 0 Å². The van der Waals surface area contributed by atoms with Gasteiger partial charge in [0.05, 0.1) is 5.41 Å². The molecule has 1 aliphatic heterocycles. The fraction of sp³-hybridized carbons (Fsp3) is 0.833. The van der Waals surface area contributed by atoms with Crippen molar-refractivity contribution in [3.8, 4) is 0 Å². The maximum absolute atomic E-state index is 9.75. The summed E-state index contributed by atoms with van der Waals surface area (Å²) < 4.78 is 48.9. The highest BCUT2D eigenvalue weighted by Gasteiger charge is 2.27. The van der Waals surface area contributed by atoms with Crippen LogP contribution in [0.5, 0.6) is 0 Å². The maximum Gasteiger partial charge on any atom is 0.673 e. The van der Waals surface area contributed by atoms with E-state index >= 15 is 0 Å². The largest absolute Gasteiger partial charge is 0.673 e. The molecule has 1 rings (SSSR count). The Hall–Kier alpha value is -0.745. The van der Waals surface area contributed by atoms with Gasteiger partial charge < -0.3 is 26.4 Å². The number of cyclic esters (lactones) is 1. The molecular formula is C6H11BF4O2. The normalized spacial score (nSPS) is 19.8. The molecule has 0 aromatic heterocycles. The average molecular weight is 202 g/mol. The second-order valence-corrected chi connectivity index (χ2v) is 3.38. The minimum atomic E-state index is -6.00. The first kappa shape index (κ1) is 12.3. The third-order valence-corrected chi connectivity index (χ3v) is 1.08. The molecule has 0 atom stereocenters. The van der Waals surface area contributed by atoms with Crippen LogP contribution in [-0.4, -0.2) is 26.9 Å². The lowest BCUT2D eigenvalue weighted by Gasteiger charge is -2.15. The van der Waals surface area contributed by atoms with Crippen LogP contribution in [0.15, 0.2) is 0 Å². The molecule has 0 N–H and O–H groups in total. The summed E-state index contributed by atoms with van der Waals surface area (Å²) in [5, 5.41) is 0. The molecule has 0 unspecified atom stereocenters. The number of ether oxygens (including phenoxy) is 1. The average Bonchev–Trinajstić information content (AvgIpc) is 1.82. The van der Waals surface area contributed by atoms with Gasteiger partial charge in [0.2, 0.25) is 0 Å². The Bertz CT molecular complexity index is 172. The van der Waals surface area contributed by atoms with E-state index < -0.39 is 7.25 Å². The van der Waals surface area contributed by atoms with Gasteiger partial charge >= 0.3 is 13.7 Å². The standard InChI is InChI=1S/C6H11O2.BF4/c1-6(2)3-7-5-8-4-6;2-1(3,4)5/h5H,3-4H2,1-2H3;/q+1;-1.